The Hall–Kier alpha value is -2.24. The molecular formula is C19H20N2O2S. The number of carbonyl (C=O) groups excluding carboxylic acids is 1. The highest BCUT2D eigenvalue weighted by Gasteiger charge is 2.14. The molecular weight excluding hydrogens is 320 g/mol. The first kappa shape index (κ1) is 16.6. The van der Waals surface area contributed by atoms with Gasteiger partial charge in [-0.2, -0.15) is 0 Å². The second kappa shape index (κ2) is 7.11. The van der Waals surface area contributed by atoms with E-state index < -0.39 is 0 Å². The van der Waals surface area contributed by atoms with Gasteiger partial charge in [-0.1, -0.05) is 12.1 Å². The number of ether oxygens (including phenoxy) is 1. The van der Waals surface area contributed by atoms with Gasteiger partial charge in [0.25, 0.3) is 0 Å². The van der Waals surface area contributed by atoms with E-state index in [1.54, 1.807) is 18.0 Å². The summed E-state index contributed by atoms with van der Waals surface area (Å²) in [7, 11) is 1.90. The fourth-order valence-electron chi connectivity index (χ4n) is 2.87. The van der Waals surface area contributed by atoms with E-state index in [1.807, 2.05) is 32.2 Å². The topological polar surface area (TPSA) is 54.1 Å². The third kappa shape index (κ3) is 3.18. The number of hydrogen-bond acceptors (Lipinski definition) is 4. The molecule has 0 aliphatic carbocycles. The quantitative estimate of drug-likeness (QED) is 0.528. The van der Waals surface area contributed by atoms with E-state index in [4.69, 9.17) is 4.74 Å². The largest absolute Gasteiger partial charge is 0.462 e. The molecule has 3 aromatic rings. The Labute approximate surface area is 145 Å². The van der Waals surface area contributed by atoms with Gasteiger partial charge < -0.3 is 9.72 Å². The van der Waals surface area contributed by atoms with Crippen LogP contribution in [0.25, 0.3) is 22.0 Å². The van der Waals surface area contributed by atoms with Gasteiger partial charge in [-0.25, -0.2) is 4.79 Å². The Kier molecular flexibility index (Phi) is 4.92. The normalized spacial score (nSPS) is 11.0. The molecule has 4 nitrogen and oxygen atoms in total. The molecule has 124 valence electrons. The summed E-state index contributed by atoms with van der Waals surface area (Å²) >= 11 is 1.58. The summed E-state index contributed by atoms with van der Waals surface area (Å²) in [6.07, 6.45) is 0. The van der Waals surface area contributed by atoms with Crippen LogP contribution in [0, 0.1) is 6.92 Å². The minimum absolute atomic E-state index is 0.288. The molecule has 0 amide bonds. The van der Waals surface area contributed by atoms with Gasteiger partial charge in [0.05, 0.1) is 12.2 Å². The van der Waals surface area contributed by atoms with Gasteiger partial charge in [0.2, 0.25) is 0 Å². The average Bonchev–Trinajstić information content (AvgIpc) is 2.90. The van der Waals surface area contributed by atoms with E-state index >= 15 is 0 Å². The molecule has 0 atom stereocenters. The SMILES string of the molecule is CCOC(=O)c1ccc2[nH]c(C)c(-c3cccc(SNC)c3)c2c1. The summed E-state index contributed by atoms with van der Waals surface area (Å²) in [6.45, 7) is 4.24. The molecule has 0 spiro atoms. The Morgan fingerprint density at radius 3 is 2.83 bits per heavy atom. The van der Waals surface area contributed by atoms with Crippen molar-refractivity contribution in [3.8, 4) is 11.1 Å². The molecule has 0 saturated heterocycles. The van der Waals surface area contributed by atoms with Crippen molar-refractivity contribution in [1.82, 2.24) is 9.71 Å². The third-order valence-electron chi connectivity index (χ3n) is 3.84. The molecule has 5 heteroatoms. The molecule has 0 saturated carbocycles. The molecule has 0 unspecified atom stereocenters. The fraction of sp³-hybridized carbons (Fsp3) is 0.211. The van der Waals surface area contributed by atoms with Crippen molar-refractivity contribution in [1.29, 1.82) is 0 Å². The van der Waals surface area contributed by atoms with E-state index in [0.717, 1.165) is 32.6 Å². The smallest absolute Gasteiger partial charge is 0.338 e. The van der Waals surface area contributed by atoms with Crippen LogP contribution < -0.4 is 4.72 Å². The summed E-state index contributed by atoms with van der Waals surface area (Å²) in [5, 5.41) is 1.03. The summed E-state index contributed by atoms with van der Waals surface area (Å²) in [5.41, 5.74) is 4.92. The van der Waals surface area contributed by atoms with E-state index in [2.05, 4.69) is 34.8 Å². The van der Waals surface area contributed by atoms with E-state index in [0.29, 0.717) is 12.2 Å². The van der Waals surface area contributed by atoms with E-state index in [1.165, 1.54) is 0 Å². The van der Waals surface area contributed by atoms with Crippen LogP contribution in [0.5, 0.6) is 0 Å². The number of benzene rings is 2. The maximum atomic E-state index is 12.0. The Morgan fingerprint density at radius 1 is 1.25 bits per heavy atom. The Morgan fingerprint density at radius 2 is 2.08 bits per heavy atom. The van der Waals surface area contributed by atoms with Crippen LogP contribution >= 0.6 is 11.9 Å². The minimum atomic E-state index is -0.288. The lowest BCUT2D eigenvalue weighted by molar-refractivity contribution is 0.0526. The minimum Gasteiger partial charge on any atom is -0.462 e. The highest BCUT2D eigenvalue weighted by molar-refractivity contribution is 7.97. The first-order valence-electron chi connectivity index (χ1n) is 7.87. The zero-order chi connectivity index (χ0) is 17.1. The number of H-pyrrole nitrogens is 1. The van der Waals surface area contributed by atoms with Gasteiger partial charge in [-0.15, -0.1) is 0 Å². The highest BCUT2D eigenvalue weighted by atomic mass is 32.2. The lowest BCUT2D eigenvalue weighted by Gasteiger charge is -2.06. The molecule has 2 N–H and O–H groups in total. The number of aromatic nitrogens is 1. The fourth-order valence-corrected chi connectivity index (χ4v) is 3.44. The van der Waals surface area contributed by atoms with Crippen LogP contribution in [-0.2, 0) is 4.74 Å². The molecule has 2 aromatic carbocycles. The second-order valence-electron chi connectivity index (χ2n) is 5.44. The number of fused-ring (bicyclic) bond motifs is 1. The number of nitrogens with one attached hydrogen (secondary N) is 2. The number of hydrogen-bond donors (Lipinski definition) is 2. The van der Waals surface area contributed by atoms with Crippen LogP contribution in [0.1, 0.15) is 23.0 Å². The first-order chi connectivity index (χ1) is 11.6. The van der Waals surface area contributed by atoms with Gasteiger partial charge in [0, 0.05) is 27.1 Å². The monoisotopic (exact) mass is 340 g/mol. The van der Waals surface area contributed by atoms with Crippen molar-refractivity contribution in [3.05, 3.63) is 53.7 Å². The molecule has 3 rings (SSSR count). The summed E-state index contributed by atoms with van der Waals surface area (Å²) in [4.78, 5) is 16.6. The second-order valence-corrected chi connectivity index (χ2v) is 6.52. The van der Waals surface area contributed by atoms with Crippen molar-refractivity contribution < 1.29 is 9.53 Å². The molecule has 0 aliphatic heterocycles. The van der Waals surface area contributed by atoms with Crippen molar-refractivity contribution in [2.24, 2.45) is 0 Å². The van der Waals surface area contributed by atoms with Gasteiger partial charge in [-0.05, 0) is 68.7 Å². The van der Waals surface area contributed by atoms with E-state index in [9.17, 15) is 4.79 Å². The number of rotatable bonds is 5. The number of carbonyl (C=O) groups is 1. The molecule has 24 heavy (non-hydrogen) atoms. The number of aromatic amines is 1. The molecule has 0 bridgehead atoms. The number of aryl methyl sites for hydroxylation is 1. The van der Waals surface area contributed by atoms with Crippen LogP contribution in [-0.4, -0.2) is 24.6 Å². The van der Waals surface area contributed by atoms with Crippen molar-refractivity contribution >= 4 is 28.8 Å². The lowest BCUT2D eigenvalue weighted by Crippen LogP contribution is -2.04. The van der Waals surface area contributed by atoms with Crippen LogP contribution in [0.2, 0.25) is 0 Å². The average molecular weight is 340 g/mol. The maximum Gasteiger partial charge on any atom is 0.338 e. The summed E-state index contributed by atoms with van der Waals surface area (Å²) in [6, 6.07) is 14.0. The predicted molar refractivity (Wildman–Crippen MR) is 99.3 cm³/mol. The number of esters is 1. The maximum absolute atomic E-state index is 12.0. The van der Waals surface area contributed by atoms with Gasteiger partial charge in [0.15, 0.2) is 0 Å². The van der Waals surface area contributed by atoms with Crippen LogP contribution in [0.15, 0.2) is 47.4 Å². The van der Waals surface area contributed by atoms with Crippen molar-refractivity contribution in [2.75, 3.05) is 13.7 Å². The molecule has 0 fully saturated rings. The zero-order valence-corrected chi connectivity index (χ0v) is 14.8. The van der Waals surface area contributed by atoms with Gasteiger partial charge in [-0.3, -0.25) is 4.72 Å². The van der Waals surface area contributed by atoms with Crippen molar-refractivity contribution in [3.63, 3.8) is 0 Å². The van der Waals surface area contributed by atoms with Crippen molar-refractivity contribution in [2.45, 2.75) is 18.7 Å². The third-order valence-corrected chi connectivity index (χ3v) is 4.53. The Balaban J connectivity index is 2.13. The van der Waals surface area contributed by atoms with Crippen LogP contribution in [0.4, 0.5) is 0 Å². The van der Waals surface area contributed by atoms with Crippen LogP contribution in [0.3, 0.4) is 0 Å². The standard InChI is InChI=1S/C19H20N2O2S/c1-4-23-19(22)14-8-9-17-16(11-14)18(12(2)21-17)13-6-5-7-15(10-13)24-20-3/h5-11,20-21H,4H2,1-3H3. The molecule has 0 radical (unpaired) electrons. The Bertz CT molecular complexity index is 886. The predicted octanol–water partition coefficient (Wildman–Crippen LogP) is 4.55. The first-order valence-corrected chi connectivity index (χ1v) is 8.69. The lowest BCUT2D eigenvalue weighted by atomic mass is 10.0. The summed E-state index contributed by atoms with van der Waals surface area (Å²) in [5.74, 6) is -0.288. The van der Waals surface area contributed by atoms with Gasteiger partial charge >= 0.3 is 5.97 Å². The van der Waals surface area contributed by atoms with Gasteiger partial charge in [0.1, 0.15) is 0 Å². The zero-order valence-electron chi connectivity index (χ0n) is 14.0. The highest BCUT2D eigenvalue weighted by Crippen LogP contribution is 2.34. The van der Waals surface area contributed by atoms with E-state index in [-0.39, 0.29) is 5.97 Å². The summed E-state index contributed by atoms with van der Waals surface area (Å²) < 4.78 is 8.21. The molecule has 1 aromatic heterocycles. The molecule has 1 heterocycles. The molecule has 0 aliphatic rings.